The molecular weight excluding hydrogens is 458 g/mol. The van der Waals surface area contributed by atoms with E-state index in [0.29, 0.717) is 24.2 Å². The molecule has 0 spiro atoms. The van der Waals surface area contributed by atoms with E-state index in [0.717, 1.165) is 37.4 Å². The van der Waals surface area contributed by atoms with Crippen LogP contribution in [0.1, 0.15) is 47.5 Å². The van der Waals surface area contributed by atoms with Crippen molar-refractivity contribution in [1.82, 2.24) is 10.2 Å². The number of nitrogens with one attached hydrogen (secondary N) is 1. The minimum absolute atomic E-state index is 0.0555. The fraction of sp³-hybridized carbons (Fsp3) is 0.458. The molecule has 10 heteroatoms. The first-order valence-corrected chi connectivity index (χ1v) is 12.0. The van der Waals surface area contributed by atoms with Crippen LogP contribution in [0.15, 0.2) is 34.9 Å². The Morgan fingerprint density at radius 3 is 2.29 bits per heavy atom. The highest BCUT2D eigenvalue weighted by molar-refractivity contribution is 8.03. The molecule has 2 aliphatic rings. The largest absolute Gasteiger partial charge is 0.468 e. The lowest BCUT2D eigenvalue weighted by Gasteiger charge is -2.31. The predicted molar refractivity (Wildman–Crippen MR) is 124 cm³/mol. The molecule has 0 aromatic heterocycles. The van der Waals surface area contributed by atoms with E-state index >= 15 is 0 Å². The van der Waals surface area contributed by atoms with Crippen molar-refractivity contribution in [3.05, 3.63) is 46.0 Å². The fourth-order valence-corrected chi connectivity index (χ4v) is 5.12. The van der Waals surface area contributed by atoms with Crippen molar-refractivity contribution in [2.75, 3.05) is 33.1 Å². The number of amides is 2. The Morgan fingerprint density at radius 1 is 1.09 bits per heavy atom. The molecule has 1 aromatic carbocycles. The number of benzene rings is 1. The third-order valence-corrected chi connectivity index (χ3v) is 6.98. The number of rotatable bonds is 6. The standard InChI is InChI=1S/C24H27N3O6S/c1-32-23(30)16-9-7-15(8-10-16)19-17(13-25)22(26-21(29)20(19)24(31)33-2)34-14-18(28)27-11-5-3-4-6-12-27/h7-10,19-20H,3-6,11-12,14H2,1-2H3,(H,26,29)/t19-,20-/m1/s1. The average molecular weight is 486 g/mol. The number of carbonyl (C=O) groups excluding carboxylic acids is 4. The van der Waals surface area contributed by atoms with Gasteiger partial charge in [-0.15, -0.1) is 0 Å². The maximum absolute atomic E-state index is 12.9. The minimum atomic E-state index is -1.28. The summed E-state index contributed by atoms with van der Waals surface area (Å²) in [6, 6.07) is 8.28. The molecule has 1 saturated heterocycles. The third kappa shape index (κ3) is 5.59. The Hall–Kier alpha value is -3.32. The van der Waals surface area contributed by atoms with E-state index in [9.17, 15) is 24.4 Å². The smallest absolute Gasteiger partial charge is 0.337 e. The van der Waals surface area contributed by atoms with Crippen molar-refractivity contribution in [2.24, 2.45) is 5.92 Å². The summed E-state index contributed by atoms with van der Waals surface area (Å²) >= 11 is 1.08. The van der Waals surface area contributed by atoms with Crippen molar-refractivity contribution < 1.29 is 28.7 Å². The number of thioether (sulfide) groups is 1. The van der Waals surface area contributed by atoms with E-state index in [1.54, 1.807) is 12.1 Å². The van der Waals surface area contributed by atoms with Crippen LogP contribution in [0.25, 0.3) is 0 Å². The molecule has 1 aromatic rings. The maximum Gasteiger partial charge on any atom is 0.337 e. The lowest BCUT2D eigenvalue weighted by Crippen LogP contribution is -2.44. The van der Waals surface area contributed by atoms with Gasteiger partial charge in [0.05, 0.1) is 42.2 Å². The number of nitrogens with zero attached hydrogens (tertiary/aromatic N) is 2. The van der Waals surface area contributed by atoms with Gasteiger partial charge in [-0.1, -0.05) is 36.7 Å². The third-order valence-electron chi connectivity index (χ3n) is 5.97. The van der Waals surface area contributed by atoms with Crippen LogP contribution < -0.4 is 5.32 Å². The first kappa shape index (κ1) is 25.3. The van der Waals surface area contributed by atoms with Gasteiger partial charge in [0, 0.05) is 19.0 Å². The Morgan fingerprint density at radius 2 is 1.74 bits per heavy atom. The number of methoxy groups -OCH3 is 2. The van der Waals surface area contributed by atoms with Crippen LogP contribution in [0, 0.1) is 17.2 Å². The zero-order chi connectivity index (χ0) is 24.7. The van der Waals surface area contributed by atoms with Crippen LogP contribution in [-0.2, 0) is 23.9 Å². The van der Waals surface area contributed by atoms with Crippen molar-refractivity contribution in [1.29, 1.82) is 5.26 Å². The van der Waals surface area contributed by atoms with E-state index in [2.05, 4.69) is 11.4 Å². The molecule has 1 N–H and O–H groups in total. The quantitative estimate of drug-likeness (QED) is 0.481. The Balaban J connectivity index is 1.92. The zero-order valence-electron chi connectivity index (χ0n) is 19.2. The number of hydrogen-bond donors (Lipinski definition) is 1. The summed E-state index contributed by atoms with van der Waals surface area (Å²) in [5.74, 6) is -4.12. The first-order valence-electron chi connectivity index (χ1n) is 11.0. The molecule has 9 nitrogen and oxygen atoms in total. The molecule has 0 aliphatic carbocycles. The second-order valence-electron chi connectivity index (χ2n) is 8.02. The van der Waals surface area contributed by atoms with Gasteiger partial charge in [0.1, 0.15) is 5.92 Å². The van der Waals surface area contributed by atoms with Gasteiger partial charge < -0.3 is 19.7 Å². The second-order valence-corrected chi connectivity index (χ2v) is 9.01. The number of likely N-dealkylation sites (tertiary alicyclic amines) is 1. The average Bonchev–Trinajstić information content (AvgIpc) is 3.15. The molecule has 0 saturated carbocycles. The molecule has 2 aliphatic heterocycles. The molecule has 0 unspecified atom stereocenters. The monoisotopic (exact) mass is 485 g/mol. The summed E-state index contributed by atoms with van der Waals surface area (Å²) in [5, 5.41) is 12.9. The normalized spacial score (nSPS) is 20.6. The van der Waals surface area contributed by atoms with Crippen LogP contribution in [0.2, 0.25) is 0 Å². The highest BCUT2D eigenvalue weighted by atomic mass is 32.2. The topological polar surface area (TPSA) is 126 Å². The molecule has 180 valence electrons. The maximum atomic E-state index is 12.9. The van der Waals surface area contributed by atoms with Gasteiger partial charge in [0.2, 0.25) is 11.8 Å². The van der Waals surface area contributed by atoms with Crippen LogP contribution >= 0.6 is 11.8 Å². The molecule has 0 radical (unpaired) electrons. The minimum Gasteiger partial charge on any atom is -0.468 e. The SMILES string of the molecule is COC(=O)c1ccc([C@@H]2C(C#N)=C(SCC(=O)N3CCCCCC3)NC(=O)[C@@H]2C(=O)OC)cc1. The Kier molecular flexibility index (Phi) is 8.71. The van der Waals surface area contributed by atoms with E-state index < -0.39 is 29.7 Å². The van der Waals surface area contributed by atoms with Crippen molar-refractivity contribution in [2.45, 2.75) is 31.6 Å². The number of carbonyl (C=O) groups is 4. The van der Waals surface area contributed by atoms with Gasteiger partial charge in [-0.05, 0) is 30.5 Å². The molecule has 2 atom stereocenters. The molecular formula is C24H27N3O6S. The molecule has 3 rings (SSSR count). The molecule has 1 fully saturated rings. The van der Waals surface area contributed by atoms with Crippen LogP contribution in [0.3, 0.4) is 0 Å². The Bertz CT molecular complexity index is 1020. The summed E-state index contributed by atoms with van der Waals surface area (Å²) in [7, 11) is 2.44. The van der Waals surface area contributed by atoms with Crippen LogP contribution in [-0.4, -0.2) is 61.7 Å². The van der Waals surface area contributed by atoms with Gasteiger partial charge in [0.15, 0.2) is 0 Å². The summed E-state index contributed by atoms with van der Waals surface area (Å²) in [4.78, 5) is 51.8. The first-order chi connectivity index (χ1) is 16.4. The van der Waals surface area contributed by atoms with Gasteiger partial charge >= 0.3 is 11.9 Å². The summed E-state index contributed by atoms with van der Waals surface area (Å²) in [5.41, 5.74) is 0.946. The lowest BCUT2D eigenvalue weighted by atomic mass is 9.78. The Labute approximate surface area is 202 Å². The number of hydrogen-bond acceptors (Lipinski definition) is 8. The van der Waals surface area contributed by atoms with Crippen molar-refractivity contribution in [3.63, 3.8) is 0 Å². The number of allylic oxidation sites excluding steroid dienone is 1. The van der Waals surface area contributed by atoms with Gasteiger partial charge in [-0.2, -0.15) is 5.26 Å². The summed E-state index contributed by atoms with van der Waals surface area (Å²) in [6.45, 7) is 1.41. The molecule has 2 amide bonds. The van der Waals surface area contributed by atoms with E-state index in [-0.39, 0.29) is 22.3 Å². The van der Waals surface area contributed by atoms with E-state index in [1.807, 2.05) is 4.90 Å². The lowest BCUT2D eigenvalue weighted by molar-refractivity contribution is -0.150. The molecule has 0 bridgehead atoms. The van der Waals surface area contributed by atoms with Crippen molar-refractivity contribution >= 4 is 35.5 Å². The highest BCUT2D eigenvalue weighted by Gasteiger charge is 2.44. The molecule has 2 heterocycles. The fourth-order valence-electron chi connectivity index (χ4n) is 4.17. The number of ether oxygens (including phenoxy) is 2. The predicted octanol–water partition coefficient (Wildman–Crippen LogP) is 2.35. The summed E-state index contributed by atoms with van der Waals surface area (Å²) < 4.78 is 9.54. The highest BCUT2D eigenvalue weighted by Crippen LogP contribution is 2.40. The van der Waals surface area contributed by atoms with Gasteiger partial charge in [0.25, 0.3) is 0 Å². The number of nitriles is 1. The van der Waals surface area contributed by atoms with Crippen LogP contribution in [0.4, 0.5) is 0 Å². The summed E-state index contributed by atoms with van der Waals surface area (Å²) in [6.07, 6.45) is 4.12. The van der Waals surface area contributed by atoms with Crippen LogP contribution in [0.5, 0.6) is 0 Å². The van der Waals surface area contributed by atoms with Crippen molar-refractivity contribution in [3.8, 4) is 6.07 Å². The number of esters is 2. The zero-order valence-corrected chi connectivity index (χ0v) is 20.0. The second kappa shape index (κ2) is 11.7. The van der Waals surface area contributed by atoms with E-state index in [4.69, 9.17) is 9.47 Å². The van der Waals surface area contributed by atoms with Gasteiger partial charge in [-0.3, -0.25) is 14.4 Å². The molecule has 34 heavy (non-hydrogen) atoms. The van der Waals surface area contributed by atoms with E-state index in [1.165, 1.54) is 26.4 Å². The van der Waals surface area contributed by atoms with Gasteiger partial charge in [-0.25, -0.2) is 4.79 Å².